The molecule has 1 saturated heterocycles. The minimum atomic E-state index is -0.747. The predicted molar refractivity (Wildman–Crippen MR) is 140 cm³/mol. The zero-order valence-electron chi connectivity index (χ0n) is 23.4. The van der Waals surface area contributed by atoms with E-state index < -0.39 is 11.2 Å². The van der Waals surface area contributed by atoms with E-state index in [1.807, 2.05) is 27.0 Å². The van der Waals surface area contributed by atoms with Crippen LogP contribution in [0.25, 0.3) is 0 Å². The van der Waals surface area contributed by atoms with Gasteiger partial charge in [-0.15, -0.1) is 0 Å². The second kappa shape index (κ2) is 7.91. The van der Waals surface area contributed by atoms with Crippen molar-refractivity contribution in [3.05, 3.63) is 24.3 Å². The van der Waals surface area contributed by atoms with E-state index in [1.165, 1.54) is 19.3 Å². The Morgan fingerprint density at radius 1 is 1.09 bits per heavy atom. The number of rotatable bonds is 5. The Balaban J connectivity index is 1.52. The van der Waals surface area contributed by atoms with Crippen LogP contribution in [-0.4, -0.2) is 40.9 Å². The molecule has 0 unspecified atom stereocenters. The highest BCUT2D eigenvalue weighted by atomic mass is 16.7. The van der Waals surface area contributed by atoms with Crippen LogP contribution in [0.2, 0.25) is 0 Å². The Hall–Kier alpha value is -0.680. The normalized spacial score (nSPS) is 51.2. The third-order valence-electron chi connectivity index (χ3n) is 12.4. The summed E-state index contributed by atoms with van der Waals surface area (Å²) in [5.74, 6) is 2.07. The molecule has 4 fully saturated rings. The molecule has 198 valence electrons. The Kier molecular flexibility index (Phi) is 5.87. The fraction of sp³-hybridized carbons (Fsp3) is 0.871. The fourth-order valence-corrected chi connectivity index (χ4v) is 10.2. The summed E-state index contributed by atoms with van der Waals surface area (Å²) in [4.78, 5) is 0. The van der Waals surface area contributed by atoms with Gasteiger partial charge >= 0.3 is 0 Å². The summed E-state index contributed by atoms with van der Waals surface area (Å²) in [7, 11) is 1.83. The average Bonchev–Trinajstić information content (AvgIpc) is 3.14. The number of ether oxygens (including phenoxy) is 2. The van der Waals surface area contributed by atoms with Crippen LogP contribution in [0.1, 0.15) is 93.4 Å². The standard InChI is InChI=1S/C31H50O4/c1-20(10-9-15-26(2,3)33)21-13-16-29(7)22-14-17-31-23(11-12-24(32)27(31,4)5)30(22,25(34-8)35-31)19-18-28(21,29)6/h9,14-15,17,20-25,32-33H,10-13,16,18-19H2,1-8H3/b15-9+/t20-,21-,22+,23+,24+,25-,28-,29+,30+,31-/m1/s1. The van der Waals surface area contributed by atoms with Gasteiger partial charge in [-0.1, -0.05) is 58.9 Å². The van der Waals surface area contributed by atoms with Crippen molar-refractivity contribution in [2.45, 2.75) is 117 Å². The Labute approximate surface area is 213 Å². The van der Waals surface area contributed by atoms with E-state index in [4.69, 9.17) is 9.47 Å². The van der Waals surface area contributed by atoms with Crippen molar-refractivity contribution >= 4 is 0 Å². The zero-order valence-corrected chi connectivity index (χ0v) is 23.4. The van der Waals surface area contributed by atoms with Crippen LogP contribution < -0.4 is 0 Å². The number of hydrogen-bond acceptors (Lipinski definition) is 4. The van der Waals surface area contributed by atoms with Crippen LogP contribution in [0.4, 0.5) is 0 Å². The van der Waals surface area contributed by atoms with Crippen molar-refractivity contribution in [1.29, 1.82) is 0 Å². The minimum Gasteiger partial charge on any atom is -0.392 e. The van der Waals surface area contributed by atoms with Crippen molar-refractivity contribution in [2.75, 3.05) is 7.11 Å². The molecule has 0 radical (unpaired) electrons. The smallest absolute Gasteiger partial charge is 0.164 e. The van der Waals surface area contributed by atoms with Gasteiger partial charge in [-0.25, -0.2) is 0 Å². The Morgan fingerprint density at radius 2 is 1.80 bits per heavy atom. The first kappa shape index (κ1) is 25.9. The summed E-state index contributed by atoms with van der Waals surface area (Å²) in [6, 6.07) is 0. The maximum Gasteiger partial charge on any atom is 0.164 e. The van der Waals surface area contributed by atoms with Gasteiger partial charge in [0.05, 0.1) is 11.7 Å². The van der Waals surface area contributed by atoms with E-state index in [0.717, 1.165) is 25.7 Å². The van der Waals surface area contributed by atoms with Gasteiger partial charge in [0, 0.05) is 23.9 Å². The summed E-state index contributed by atoms with van der Waals surface area (Å²) in [5.41, 5.74) is -1.09. The molecule has 4 heteroatoms. The number of aliphatic hydroxyl groups is 2. The van der Waals surface area contributed by atoms with E-state index >= 15 is 0 Å². The molecule has 10 atom stereocenters. The molecule has 1 aliphatic heterocycles. The first-order valence-electron chi connectivity index (χ1n) is 14.2. The molecule has 5 rings (SSSR count). The largest absolute Gasteiger partial charge is 0.392 e. The van der Waals surface area contributed by atoms with Crippen LogP contribution in [0.3, 0.4) is 0 Å². The maximum absolute atomic E-state index is 11.0. The van der Waals surface area contributed by atoms with Crippen LogP contribution in [0.5, 0.6) is 0 Å². The molecule has 4 nitrogen and oxygen atoms in total. The van der Waals surface area contributed by atoms with Crippen molar-refractivity contribution in [2.24, 2.45) is 45.3 Å². The number of aliphatic hydroxyl groups excluding tert-OH is 1. The second-order valence-corrected chi connectivity index (χ2v) is 14.5. The lowest BCUT2D eigenvalue weighted by Gasteiger charge is -2.65. The first-order valence-corrected chi connectivity index (χ1v) is 14.2. The van der Waals surface area contributed by atoms with Gasteiger partial charge in [-0.2, -0.15) is 0 Å². The van der Waals surface area contributed by atoms with E-state index in [-0.39, 0.29) is 34.1 Å². The maximum atomic E-state index is 11.0. The summed E-state index contributed by atoms with van der Waals surface area (Å²) >= 11 is 0. The molecule has 4 aliphatic carbocycles. The summed E-state index contributed by atoms with van der Waals surface area (Å²) in [6.45, 7) is 15.7. The lowest BCUT2D eigenvalue weighted by Crippen LogP contribution is -2.65. The van der Waals surface area contributed by atoms with Gasteiger partial charge in [0.1, 0.15) is 5.60 Å². The van der Waals surface area contributed by atoms with E-state index in [9.17, 15) is 10.2 Å². The van der Waals surface area contributed by atoms with Crippen LogP contribution in [0, 0.1) is 45.3 Å². The van der Waals surface area contributed by atoms with Gasteiger partial charge in [0.25, 0.3) is 0 Å². The molecule has 1 spiro atoms. The summed E-state index contributed by atoms with van der Waals surface area (Å²) in [6.07, 6.45) is 16.2. The van der Waals surface area contributed by atoms with Crippen molar-refractivity contribution in [1.82, 2.24) is 0 Å². The van der Waals surface area contributed by atoms with Gasteiger partial charge in [0.2, 0.25) is 0 Å². The quantitative estimate of drug-likeness (QED) is 0.450. The molecule has 0 aromatic heterocycles. The topological polar surface area (TPSA) is 58.9 Å². The molecule has 2 bridgehead atoms. The van der Waals surface area contributed by atoms with Gasteiger partial charge in [-0.05, 0) is 87.4 Å². The highest BCUT2D eigenvalue weighted by Crippen LogP contribution is 2.78. The van der Waals surface area contributed by atoms with Crippen LogP contribution in [-0.2, 0) is 9.47 Å². The zero-order chi connectivity index (χ0) is 25.7. The average molecular weight is 487 g/mol. The second-order valence-electron chi connectivity index (χ2n) is 14.5. The molecule has 2 N–H and O–H groups in total. The van der Waals surface area contributed by atoms with Crippen LogP contribution >= 0.6 is 0 Å². The highest BCUT2D eigenvalue weighted by Gasteiger charge is 2.78. The summed E-state index contributed by atoms with van der Waals surface area (Å²) < 4.78 is 13.2. The third-order valence-corrected chi connectivity index (χ3v) is 12.4. The Morgan fingerprint density at radius 3 is 2.46 bits per heavy atom. The van der Waals surface area contributed by atoms with Gasteiger partial charge < -0.3 is 19.7 Å². The van der Waals surface area contributed by atoms with Gasteiger partial charge in [-0.3, -0.25) is 0 Å². The Bertz CT molecular complexity index is 900. The molecule has 0 aromatic carbocycles. The molecule has 5 aliphatic rings. The highest BCUT2D eigenvalue weighted by molar-refractivity contribution is 5.34. The van der Waals surface area contributed by atoms with E-state index in [2.05, 4.69) is 52.8 Å². The van der Waals surface area contributed by atoms with E-state index in [1.54, 1.807) is 0 Å². The monoisotopic (exact) mass is 486 g/mol. The number of hydrogen-bond donors (Lipinski definition) is 2. The van der Waals surface area contributed by atoms with Crippen molar-refractivity contribution in [3.8, 4) is 0 Å². The van der Waals surface area contributed by atoms with Crippen LogP contribution in [0.15, 0.2) is 24.3 Å². The van der Waals surface area contributed by atoms with Gasteiger partial charge in [0.15, 0.2) is 6.29 Å². The number of fused-ring (bicyclic) bond motifs is 2. The third kappa shape index (κ3) is 3.18. The lowest BCUT2D eigenvalue weighted by molar-refractivity contribution is -0.225. The molecular formula is C31H50O4. The molecule has 3 saturated carbocycles. The summed E-state index contributed by atoms with van der Waals surface area (Å²) in [5, 5.41) is 21.2. The number of methoxy groups -OCH3 is 1. The molecule has 0 amide bonds. The molecule has 1 heterocycles. The first-order chi connectivity index (χ1) is 16.2. The minimum absolute atomic E-state index is 0.0197. The van der Waals surface area contributed by atoms with E-state index in [0.29, 0.717) is 23.7 Å². The number of allylic oxidation sites excluding steroid dienone is 2. The lowest BCUT2D eigenvalue weighted by atomic mass is 9.38. The molecule has 35 heavy (non-hydrogen) atoms. The molecular weight excluding hydrogens is 436 g/mol. The van der Waals surface area contributed by atoms with Crippen molar-refractivity contribution in [3.63, 3.8) is 0 Å². The predicted octanol–water partition coefficient (Wildman–Crippen LogP) is 6.27. The fourth-order valence-electron chi connectivity index (χ4n) is 10.2. The SMILES string of the molecule is CO[C@@H]1O[C@]23C=C[C@@H]4[C@@]1(CC[C@]1(C)[C@@H]([C@H](C)C/C=C/C(C)(C)O)CC[C@@]41C)[C@@H]2CC[C@H](O)C3(C)C. The molecule has 0 aromatic rings. The van der Waals surface area contributed by atoms with Crippen molar-refractivity contribution < 1.29 is 19.7 Å².